The quantitative estimate of drug-likeness (QED) is 0.135. The highest BCUT2D eigenvalue weighted by molar-refractivity contribution is 4.65. The Labute approximate surface area is 203 Å². The molecule has 0 spiro atoms. The van der Waals surface area contributed by atoms with Crippen molar-refractivity contribution in [1.29, 1.82) is 0 Å². The molecule has 0 aliphatic rings. The van der Waals surface area contributed by atoms with E-state index in [-0.39, 0.29) is 0 Å². The lowest BCUT2D eigenvalue weighted by molar-refractivity contribution is 0.0674. The Morgan fingerprint density at radius 1 is 0.281 bits per heavy atom. The van der Waals surface area contributed by atoms with Crippen LogP contribution in [0.1, 0.15) is 182 Å². The van der Waals surface area contributed by atoms with Crippen LogP contribution in [0.4, 0.5) is 0 Å². The number of aliphatic hydroxyl groups is 2. The van der Waals surface area contributed by atoms with Crippen molar-refractivity contribution >= 4 is 0 Å². The number of rotatable bonds is 25. The maximum atomic E-state index is 9.70. The summed E-state index contributed by atoms with van der Waals surface area (Å²) in [5, 5.41) is 19.4. The van der Waals surface area contributed by atoms with Gasteiger partial charge in [0.2, 0.25) is 0 Å². The number of hydrogen-bond donors (Lipinski definition) is 2. The molecule has 32 heavy (non-hydrogen) atoms. The van der Waals surface area contributed by atoms with Gasteiger partial charge >= 0.3 is 0 Å². The van der Waals surface area contributed by atoms with Crippen LogP contribution in [0.3, 0.4) is 0 Å². The predicted octanol–water partition coefficient (Wildman–Crippen LogP) is 9.89. The summed E-state index contributed by atoms with van der Waals surface area (Å²) in [7, 11) is 0. The molecule has 0 rings (SSSR count). The van der Waals surface area contributed by atoms with Crippen molar-refractivity contribution in [2.24, 2.45) is 0 Å². The third-order valence-electron chi connectivity index (χ3n) is 6.83. The van der Waals surface area contributed by atoms with Gasteiger partial charge in [-0.3, -0.25) is 0 Å². The molecule has 0 atom stereocenters. The van der Waals surface area contributed by atoms with Gasteiger partial charge in [-0.1, -0.05) is 141 Å². The number of hydrogen-bond acceptors (Lipinski definition) is 2. The third kappa shape index (κ3) is 29.9. The van der Waals surface area contributed by atoms with Crippen molar-refractivity contribution in [3.8, 4) is 0 Å². The molecular weight excluding hydrogens is 392 g/mol. The first-order valence-corrected chi connectivity index (χ1v) is 14.7. The molecule has 0 unspecified atom stereocenters. The van der Waals surface area contributed by atoms with Crippen molar-refractivity contribution in [3.63, 3.8) is 0 Å². The van der Waals surface area contributed by atoms with Gasteiger partial charge in [0, 0.05) is 0 Å². The minimum absolute atomic E-state index is 0.473. The molecule has 0 aromatic rings. The van der Waals surface area contributed by atoms with Crippen molar-refractivity contribution in [3.05, 3.63) is 0 Å². The Kier molecular flexibility index (Phi) is 21.4. The predicted molar refractivity (Wildman–Crippen MR) is 143 cm³/mol. The first kappa shape index (κ1) is 31.9. The van der Waals surface area contributed by atoms with Crippen LogP contribution in [-0.2, 0) is 0 Å². The fourth-order valence-corrected chi connectivity index (χ4v) is 4.65. The average molecular weight is 455 g/mol. The van der Waals surface area contributed by atoms with Crippen LogP contribution < -0.4 is 0 Å². The van der Waals surface area contributed by atoms with Gasteiger partial charge in [-0.05, 0) is 40.5 Å². The van der Waals surface area contributed by atoms with Gasteiger partial charge in [0.15, 0.2) is 0 Å². The molecule has 0 saturated heterocycles. The van der Waals surface area contributed by atoms with Gasteiger partial charge in [-0.15, -0.1) is 0 Å². The van der Waals surface area contributed by atoms with Crippen molar-refractivity contribution < 1.29 is 10.2 Å². The maximum absolute atomic E-state index is 9.70. The van der Waals surface area contributed by atoms with Gasteiger partial charge in [0.05, 0.1) is 11.2 Å². The molecule has 0 bridgehead atoms. The summed E-state index contributed by atoms with van der Waals surface area (Å²) in [6.45, 7) is 7.67. The monoisotopic (exact) mass is 454 g/mol. The fraction of sp³-hybridized carbons (Fsp3) is 1.00. The zero-order valence-corrected chi connectivity index (χ0v) is 22.9. The van der Waals surface area contributed by atoms with Crippen molar-refractivity contribution in [1.82, 2.24) is 0 Å². The van der Waals surface area contributed by atoms with Gasteiger partial charge in [-0.2, -0.15) is 0 Å². The lowest BCUT2D eigenvalue weighted by Crippen LogP contribution is -2.17. The van der Waals surface area contributed by atoms with E-state index in [0.717, 1.165) is 12.8 Å². The van der Waals surface area contributed by atoms with Crippen LogP contribution in [0, 0.1) is 0 Å². The molecule has 0 heterocycles. The van der Waals surface area contributed by atoms with E-state index >= 15 is 0 Å². The van der Waals surface area contributed by atoms with E-state index in [1.54, 1.807) is 0 Å². The molecule has 0 saturated carbocycles. The van der Waals surface area contributed by atoms with Crippen LogP contribution in [0.5, 0.6) is 0 Å². The van der Waals surface area contributed by atoms with E-state index in [1.165, 1.54) is 141 Å². The Morgan fingerprint density at radius 3 is 0.531 bits per heavy atom. The van der Waals surface area contributed by atoms with Gasteiger partial charge in [0.1, 0.15) is 0 Å². The van der Waals surface area contributed by atoms with Crippen LogP contribution in [0.15, 0.2) is 0 Å². The van der Waals surface area contributed by atoms with Crippen LogP contribution >= 0.6 is 0 Å². The number of unbranched alkanes of at least 4 members (excludes halogenated alkanes) is 21. The smallest absolute Gasteiger partial charge is 0.0591 e. The normalized spacial score (nSPS) is 12.6. The van der Waals surface area contributed by atoms with E-state index < -0.39 is 11.2 Å². The molecule has 0 aliphatic carbocycles. The van der Waals surface area contributed by atoms with Gasteiger partial charge < -0.3 is 10.2 Å². The van der Waals surface area contributed by atoms with Gasteiger partial charge in [-0.25, -0.2) is 0 Å². The zero-order valence-electron chi connectivity index (χ0n) is 22.9. The molecule has 0 radical (unpaired) electrons. The Balaban J connectivity index is 3.07. The van der Waals surface area contributed by atoms with E-state index in [2.05, 4.69) is 0 Å². The summed E-state index contributed by atoms with van der Waals surface area (Å²) in [5.74, 6) is 0. The SMILES string of the molecule is CC(C)(O)CCCCCCCCCCCCCCCCCCCCCCCCC(C)(C)O. The van der Waals surface area contributed by atoms with E-state index in [4.69, 9.17) is 0 Å². The Hall–Kier alpha value is -0.0800. The minimum Gasteiger partial charge on any atom is -0.390 e. The summed E-state index contributed by atoms with van der Waals surface area (Å²) >= 11 is 0. The summed E-state index contributed by atoms with van der Waals surface area (Å²) in [6.07, 6.45) is 32.4. The topological polar surface area (TPSA) is 40.5 Å². The molecule has 2 N–H and O–H groups in total. The van der Waals surface area contributed by atoms with Crippen molar-refractivity contribution in [2.75, 3.05) is 0 Å². The largest absolute Gasteiger partial charge is 0.390 e. The van der Waals surface area contributed by atoms with Crippen molar-refractivity contribution in [2.45, 2.75) is 193 Å². The molecular formula is C30H62O2. The first-order chi connectivity index (χ1) is 15.2. The molecule has 2 heteroatoms. The standard InChI is InChI=1S/C30H62O2/c1-29(2,31)27-25-23-21-19-17-15-13-11-9-7-5-6-8-10-12-14-16-18-20-22-24-26-28-30(3,4)32/h31-32H,5-28H2,1-4H3. The molecule has 0 fully saturated rings. The second-order valence-electron chi connectivity index (χ2n) is 11.9. The Bertz CT molecular complexity index is 328. The fourth-order valence-electron chi connectivity index (χ4n) is 4.65. The average Bonchev–Trinajstić information content (AvgIpc) is 2.69. The molecule has 0 aliphatic heterocycles. The molecule has 194 valence electrons. The minimum atomic E-state index is -0.473. The maximum Gasteiger partial charge on any atom is 0.0591 e. The highest BCUT2D eigenvalue weighted by Crippen LogP contribution is 2.18. The van der Waals surface area contributed by atoms with Crippen LogP contribution in [0.25, 0.3) is 0 Å². The summed E-state index contributed by atoms with van der Waals surface area (Å²) in [5.41, 5.74) is -0.945. The summed E-state index contributed by atoms with van der Waals surface area (Å²) < 4.78 is 0. The Morgan fingerprint density at radius 2 is 0.406 bits per heavy atom. The first-order valence-electron chi connectivity index (χ1n) is 14.7. The highest BCUT2D eigenvalue weighted by Gasteiger charge is 2.11. The molecule has 2 nitrogen and oxygen atoms in total. The lowest BCUT2D eigenvalue weighted by atomic mass is 9.99. The van der Waals surface area contributed by atoms with E-state index in [0.29, 0.717) is 0 Å². The van der Waals surface area contributed by atoms with Gasteiger partial charge in [0.25, 0.3) is 0 Å². The second kappa shape index (κ2) is 21.5. The highest BCUT2D eigenvalue weighted by atomic mass is 16.3. The van der Waals surface area contributed by atoms with E-state index in [1.807, 2.05) is 27.7 Å². The molecule has 0 aromatic carbocycles. The zero-order chi connectivity index (χ0) is 24.0. The molecule has 0 amide bonds. The third-order valence-corrected chi connectivity index (χ3v) is 6.83. The molecule has 0 aromatic heterocycles. The second-order valence-corrected chi connectivity index (χ2v) is 11.9. The van der Waals surface area contributed by atoms with Crippen LogP contribution in [0.2, 0.25) is 0 Å². The van der Waals surface area contributed by atoms with E-state index in [9.17, 15) is 10.2 Å². The lowest BCUT2D eigenvalue weighted by Gasteiger charge is -2.16. The summed E-state index contributed by atoms with van der Waals surface area (Å²) in [6, 6.07) is 0. The van der Waals surface area contributed by atoms with Crippen LogP contribution in [-0.4, -0.2) is 21.4 Å². The summed E-state index contributed by atoms with van der Waals surface area (Å²) in [4.78, 5) is 0.